The maximum Gasteiger partial charge on any atom is 0.247 e. The van der Waals surface area contributed by atoms with E-state index in [1.807, 2.05) is 47.8 Å². The molecule has 1 heterocycles. The Morgan fingerprint density at radius 3 is 2.29 bits per heavy atom. The third-order valence-electron chi connectivity index (χ3n) is 6.98. The zero-order valence-electron chi connectivity index (χ0n) is 22.3. The number of ether oxygens (including phenoxy) is 3. The summed E-state index contributed by atoms with van der Waals surface area (Å²) >= 11 is 1.53. The summed E-state index contributed by atoms with van der Waals surface area (Å²) < 4.78 is 16.4. The summed E-state index contributed by atoms with van der Waals surface area (Å²) in [7, 11) is 4.77. The smallest absolute Gasteiger partial charge is 0.247 e. The molecule has 0 saturated heterocycles. The molecular weight excluding hydrogens is 500 g/mol. The van der Waals surface area contributed by atoms with E-state index in [2.05, 4.69) is 5.32 Å². The average molecular weight is 537 g/mol. The Balaban J connectivity index is 1.75. The molecule has 0 radical (unpaired) electrons. The lowest BCUT2D eigenvalue weighted by molar-refractivity contribution is -0.141. The fraction of sp³-hybridized carbons (Fsp3) is 0.400. The van der Waals surface area contributed by atoms with Crippen molar-refractivity contribution >= 4 is 23.2 Å². The van der Waals surface area contributed by atoms with E-state index in [1.54, 1.807) is 38.4 Å². The number of nitrogens with zero attached hydrogens (tertiary/aromatic N) is 1. The van der Waals surface area contributed by atoms with Crippen LogP contribution < -0.4 is 19.5 Å². The van der Waals surface area contributed by atoms with Crippen LogP contribution in [0.4, 0.5) is 0 Å². The van der Waals surface area contributed by atoms with Crippen molar-refractivity contribution in [3.05, 3.63) is 76.0 Å². The molecule has 0 aliphatic heterocycles. The van der Waals surface area contributed by atoms with Gasteiger partial charge in [0, 0.05) is 29.1 Å². The Bertz CT molecular complexity index is 1190. The minimum Gasteiger partial charge on any atom is -0.497 e. The third kappa shape index (κ3) is 6.86. The highest BCUT2D eigenvalue weighted by atomic mass is 32.1. The molecule has 1 aliphatic rings. The van der Waals surface area contributed by atoms with Crippen LogP contribution in [0.25, 0.3) is 0 Å². The standard InChI is InChI=1S/C30H36N2O5S/c1-35-23-13-11-21(12-14-23)20-32(28(33)19-25-10-7-17-38-25)29(30(34)31-22-8-5-4-6-9-22)26-16-15-24(36-2)18-27(26)37-3/h7,10-18,22,29H,4-6,8-9,19-20H2,1-3H3,(H,31,34). The number of methoxy groups -OCH3 is 3. The number of hydrogen-bond donors (Lipinski definition) is 1. The van der Waals surface area contributed by atoms with Gasteiger partial charge in [-0.2, -0.15) is 0 Å². The molecule has 1 aromatic heterocycles. The van der Waals surface area contributed by atoms with Gasteiger partial charge in [0.2, 0.25) is 11.8 Å². The van der Waals surface area contributed by atoms with Crippen LogP contribution >= 0.6 is 11.3 Å². The number of benzene rings is 2. The molecule has 1 N–H and O–H groups in total. The maximum atomic E-state index is 14.1. The first kappa shape index (κ1) is 27.5. The highest BCUT2D eigenvalue weighted by Gasteiger charge is 2.35. The fourth-order valence-electron chi connectivity index (χ4n) is 4.94. The maximum absolute atomic E-state index is 14.1. The zero-order valence-corrected chi connectivity index (χ0v) is 23.1. The molecule has 0 spiro atoms. The summed E-state index contributed by atoms with van der Waals surface area (Å²) in [5.41, 5.74) is 1.52. The second-order valence-corrected chi connectivity index (χ2v) is 10.5. The van der Waals surface area contributed by atoms with E-state index in [4.69, 9.17) is 14.2 Å². The van der Waals surface area contributed by atoms with Gasteiger partial charge in [-0.25, -0.2) is 0 Å². The van der Waals surface area contributed by atoms with Gasteiger partial charge in [-0.1, -0.05) is 37.5 Å². The van der Waals surface area contributed by atoms with Gasteiger partial charge < -0.3 is 24.4 Å². The first-order valence-corrected chi connectivity index (χ1v) is 13.9. The molecule has 3 aromatic rings. The van der Waals surface area contributed by atoms with Crippen molar-refractivity contribution in [1.82, 2.24) is 10.2 Å². The van der Waals surface area contributed by atoms with Gasteiger partial charge in [0.25, 0.3) is 0 Å². The van der Waals surface area contributed by atoms with Gasteiger partial charge in [0.15, 0.2) is 0 Å². The molecule has 4 rings (SSSR count). The molecule has 1 saturated carbocycles. The lowest BCUT2D eigenvalue weighted by Gasteiger charge is -2.34. The SMILES string of the molecule is COc1ccc(CN(C(=O)Cc2cccs2)C(C(=O)NC2CCCCC2)c2ccc(OC)cc2OC)cc1. The minimum absolute atomic E-state index is 0.0956. The van der Waals surface area contributed by atoms with E-state index in [0.29, 0.717) is 17.1 Å². The molecule has 1 aliphatic carbocycles. The first-order chi connectivity index (χ1) is 18.5. The average Bonchev–Trinajstić information content (AvgIpc) is 3.46. The van der Waals surface area contributed by atoms with Gasteiger partial charge in [0.1, 0.15) is 23.3 Å². The summed E-state index contributed by atoms with van der Waals surface area (Å²) in [5.74, 6) is 1.51. The van der Waals surface area contributed by atoms with E-state index in [0.717, 1.165) is 41.9 Å². The topological polar surface area (TPSA) is 77.1 Å². The van der Waals surface area contributed by atoms with Crippen molar-refractivity contribution in [2.24, 2.45) is 0 Å². The van der Waals surface area contributed by atoms with Crippen LogP contribution in [-0.4, -0.2) is 44.1 Å². The van der Waals surface area contributed by atoms with E-state index >= 15 is 0 Å². The quantitative estimate of drug-likeness (QED) is 0.348. The van der Waals surface area contributed by atoms with Gasteiger partial charge in [-0.3, -0.25) is 9.59 Å². The molecule has 1 unspecified atom stereocenters. The molecule has 2 amide bonds. The predicted octanol–water partition coefficient (Wildman–Crippen LogP) is 5.54. The zero-order chi connectivity index (χ0) is 26.9. The fourth-order valence-corrected chi connectivity index (χ4v) is 5.63. The second-order valence-electron chi connectivity index (χ2n) is 9.48. The second kappa shape index (κ2) is 13.3. The first-order valence-electron chi connectivity index (χ1n) is 13.0. The van der Waals surface area contributed by atoms with E-state index in [-0.39, 0.29) is 30.8 Å². The van der Waals surface area contributed by atoms with Crippen LogP contribution in [0.3, 0.4) is 0 Å². The molecule has 7 nitrogen and oxygen atoms in total. The van der Waals surface area contributed by atoms with Crippen molar-refractivity contribution in [3.63, 3.8) is 0 Å². The number of hydrogen-bond acceptors (Lipinski definition) is 6. The molecule has 2 aromatic carbocycles. The Labute approximate surface area is 228 Å². The highest BCUT2D eigenvalue weighted by molar-refractivity contribution is 7.10. The third-order valence-corrected chi connectivity index (χ3v) is 7.86. The highest BCUT2D eigenvalue weighted by Crippen LogP contribution is 2.35. The van der Waals surface area contributed by atoms with E-state index in [1.165, 1.54) is 17.8 Å². The molecule has 8 heteroatoms. The number of thiophene rings is 1. The number of carbonyl (C=O) groups is 2. The van der Waals surface area contributed by atoms with Gasteiger partial charge in [0.05, 0.1) is 27.8 Å². The molecular formula is C30H36N2O5S. The van der Waals surface area contributed by atoms with Crippen LogP contribution in [0.5, 0.6) is 17.2 Å². The Morgan fingerprint density at radius 1 is 0.947 bits per heavy atom. The summed E-state index contributed by atoms with van der Waals surface area (Å²) in [6.07, 6.45) is 5.47. The molecule has 38 heavy (non-hydrogen) atoms. The van der Waals surface area contributed by atoms with Gasteiger partial charge in [-0.15, -0.1) is 11.3 Å². The number of rotatable bonds is 11. The van der Waals surface area contributed by atoms with Crippen molar-refractivity contribution in [2.45, 2.75) is 57.2 Å². The van der Waals surface area contributed by atoms with Crippen LogP contribution in [0.15, 0.2) is 60.0 Å². The van der Waals surface area contributed by atoms with E-state index in [9.17, 15) is 9.59 Å². The lowest BCUT2D eigenvalue weighted by Crippen LogP contribution is -2.47. The van der Waals surface area contributed by atoms with Crippen LogP contribution in [0, 0.1) is 0 Å². The normalized spacial score (nSPS) is 14.4. The summed E-state index contributed by atoms with van der Waals surface area (Å²) in [6, 6.07) is 16.0. The number of amides is 2. The van der Waals surface area contributed by atoms with Crippen molar-refractivity contribution in [3.8, 4) is 17.2 Å². The van der Waals surface area contributed by atoms with Crippen molar-refractivity contribution in [2.75, 3.05) is 21.3 Å². The summed E-state index contributed by atoms with van der Waals surface area (Å²) in [4.78, 5) is 30.6. The Kier molecular flexibility index (Phi) is 9.65. The minimum atomic E-state index is -0.882. The summed E-state index contributed by atoms with van der Waals surface area (Å²) in [6.45, 7) is 0.256. The van der Waals surface area contributed by atoms with Crippen molar-refractivity contribution < 1.29 is 23.8 Å². The molecule has 202 valence electrons. The Hall–Kier alpha value is -3.52. The lowest BCUT2D eigenvalue weighted by atomic mass is 9.94. The molecule has 1 fully saturated rings. The molecule has 0 bridgehead atoms. The van der Waals surface area contributed by atoms with Crippen molar-refractivity contribution in [1.29, 1.82) is 0 Å². The van der Waals surface area contributed by atoms with Gasteiger partial charge >= 0.3 is 0 Å². The largest absolute Gasteiger partial charge is 0.497 e. The Morgan fingerprint density at radius 2 is 1.66 bits per heavy atom. The number of nitrogens with one attached hydrogen (secondary N) is 1. The summed E-state index contributed by atoms with van der Waals surface area (Å²) in [5, 5.41) is 5.21. The van der Waals surface area contributed by atoms with Crippen LogP contribution in [-0.2, 0) is 22.6 Å². The van der Waals surface area contributed by atoms with Crippen LogP contribution in [0.2, 0.25) is 0 Å². The monoisotopic (exact) mass is 536 g/mol. The van der Waals surface area contributed by atoms with Crippen LogP contribution in [0.1, 0.15) is 54.1 Å². The van der Waals surface area contributed by atoms with Gasteiger partial charge in [-0.05, 0) is 54.1 Å². The number of carbonyl (C=O) groups excluding carboxylic acids is 2. The molecule has 1 atom stereocenters. The predicted molar refractivity (Wildman–Crippen MR) is 149 cm³/mol. The van der Waals surface area contributed by atoms with E-state index < -0.39 is 6.04 Å².